The SMILES string of the molecule is CN(C)C(=O)CN1CCN(c2ccc(Nc3ccnc4ccc(-c5ccc(C#N)cc5)cc34)cc2)CC1. The molecular formula is C30H30N6O. The summed E-state index contributed by atoms with van der Waals surface area (Å²) in [6.45, 7) is 4.05. The topological polar surface area (TPSA) is 75.5 Å². The minimum Gasteiger partial charge on any atom is -0.369 e. The lowest BCUT2D eigenvalue weighted by Crippen LogP contribution is -2.49. The molecule has 1 aliphatic rings. The third-order valence-electron chi connectivity index (χ3n) is 6.83. The summed E-state index contributed by atoms with van der Waals surface area (Å²) in [4.78, 5) is 22.8. The number of aromatic nitrogens is 1. The summed E-state index contributed by atoms with van der Waals surface area (Å²) in [7, 11) is 3.61. The molecule has 0 unspecified atom stereocenters. The van der Waals surface area contributed by atoms with Crippen LogP contribution in [-0.2, 0) is 4.79 Å². The molecule has 2 heterocycles. The molecule has 1 aromatic heterocycles. The molecule has 0 atom stereocenters. The van der Waals surface area contributed by atoms with Gasteiger partial charge in [-0.2, -0.15) is 5.26 Å². The van der Waals surface area contributed by atoms with Crippen LogP contribution in [0.25, 0.3) is 22.0 Å². The summed E-state index contributed by atoms with van der Waals surface area (Å²) in [6, 6.07) is 26.5. The Morgan fingerprint density at radius 1 is 0.946 bits per heavy atom. The van der Waals surface area contributed by atoms with Crippen LogP contribution in [0.15, 0.2) is 79.0 Å². The monoisotopic (exact) mass is 490 g/mol. The number of benzene rings is 3. The Balaban J connectivity index is 1.28. The molecule has 37 heavy (non-hydrogen) atoms. The summed E-state index contributed by atoms with van der Waals surface area (Å²) < 4.78 is 0. The highest BCUT2D eigenvalue weighted by molar-refractivity contribution is 5.95. The van der Waals surface area contributed by atoms with E-state index in [4.69, 9.17) is 5.26 Å². The van der Waals surface area contributed by atoms with E-state index >= 15 is 0 Å². The van der Waals surface area contributed by atoms with Gasteiger partial charge in [0.15, 0.2) is 0 Å². The van der Waals surface area contributed by atoms with Crippen molar-refractivity contribution >= 4 is 33.9 Å². The molecule has 0 saturated carbocycles. The Morgan fingerprint density at radius 3 is 2.32 bits per heavy atom. The average molecular weight is 491 g/mol. The standard InChI is InChI=1S/C30H30N6O/c1-34(2)30(37)21-35-15-17-36(18-16-35)26-10-8-25(9-11-26)33-29-13-14-32-28-12-7-24(19-27(28)29)23-5-3-22(20-31)4-6-23/h3-14,19H,15-18,21H2,1-2H3,(H,32,33). The number of fused-ring (bicyclic) bond motifs is 1. The zero-order valence-electron chi connectivity index (χ0n) is 21.2. The molecule has 1 N–H and O–H groups in total. The van der Waals surface area contributed by atoms with Crippen LogP contribution in [0.4, 0.5) is 17.1 Å². The maximum Gasteiger partial charge on any atom is 0.236 e. The number of rotatable bonds is 6. The van der Waals surface area contributed by atoms with Gasteiger partial charge in [-0.1, -0.05) is 18.2 Å². The Morgan fingerprint density at radius 2 is 1.65 bits per heavy atom. The highest BCUT2D eigenvalue weighted by atomic mass is 16.2. The van der Waals surface area contributed by atoms with E-state index in [0.717, 1.165) is 59.6 Å². The van der Waals surface area contributed by atoms with E-state index < -0.39 is 0 Å². The number of piperazine rings is 1. The quantitative estimate of drug-likeness (QED) is 0.421. The van der Waals surface area contributed by atoms with Crippen molar-refractivity contribution in [3.63, 3.8) is 0 Å². The van der Waals surface area contributed by atoms with Crippen molar-refractivity contribution in [2.75, 3.05) is 57.0 Å². The van der Waals surface area contributed by atoms with Gasteiger partial charge in [0.25, 0.3) is 0 Å². The number of carbonyl (C=O) groups excluding carboxylic acids is 1. The molecule has 3 aromatic carbocycles. The van der Waals surface area contributed by atoms with Crippen molar-refractivity contribution in [2.24, 2.45) is 0 Å². The molecule has 0 spiro atoms. The number of likely N-dealkylation sites (N-methyl/N-ethyl adjacent to an activating group) is 1. The van der Waals surface area contributed by atoms with E-state index in [9.17, 15) is 4.79 Å². The number of pyridine rings is 1. The fourth-order valence-electron chi connectivity index (χ4n) is 4.58. The van der Waals surface area contributed by atoms with Gasteiger partial charge in [0.2, 0.25) is 5.91 Å². The zero-order chi connectivity index (χ0) is 25.8. The molecule has 0 aliphatic carbocycles. The molecule has 1 aliphatic heterocycles. The molecule has 1 fully saturated rings. The highest BCUT2D eigenvalue weighted by Gasteiger charge is 2.20. The number of nitriles is 1. The van der Waals surface area contributed by atoms with Gasteiger partial charge in [-0.3, -0.25) is 14.7 Å². The smallest absolute Gasteiger partial charge is 0.236 e. The molecule has 1 amide bonds. The predicted molar refractivity (Wildman–Crippen MR) is 149 cm³/mol. The lowest BCUT2D eigenvalue weighted by atomic mass is 10.0. The van der Waals surface area contributed by atoms with Crippen LogP contribution in [0, 0.1) is 11.3 Å². The first-order valence-corrected chi connectivity index (χ1v) is 12.4. The van der Waals surface area contributed by atoms with Crippen molar-refractivity contribution in [3.8, 4) is 17.2 Å². The normalized spacial score (nSPS) is 13.8. The van der Waals surface area contributed by atoms with E-state index in [1.54, 1.807) is 19.0 Å². The Labute approximate surface area is 217 Å². The van der Waals surface area contributed by atoms with Gasteiger partial charge in [0, 0.05) is 68.9 Å². The van der Waals surface area contributed by atoms with Gasteiger partial charge in [-0.15, -0.1) is 0 Å². The summed E-state index contributed by atoms with van der Waals surface area (Å²) in [5.41, 5.74) is 6.90. The Kier molecular flexibility index (Phi) is 7.02. The van der Waals surface area contributed by atoms with Crippen LogP contribution in [-0.4, -0.2) is 67.5 Å². The van der Waals surface area contributed by atoms with Crippen molar-refractivity contribution in [2.45, 2.75) is 0 Å². The third kappa shape index (κ3) is 5.55. The molecule has 7 nitrogen and oxygen atoms in total. The van der Waals surface area contributed by atoms with Crippen molar-refractivity contribution in [1.82, 2.24) is 14.8 Å². The van der Waals surface area contributed by atoms with Gasteiger partial charge >= 0.3 is 0 Å². The second-order valence-corrected chi connectivity index (χ2v) is 9.50. The first-order chi connectivity index (χ1) is 18.0. The first kappa shape index (κ1) is 24.3. The third-order valence-corrected chi connectivity index (χ3v) is 6.83. The van der Waals surface area contributed by atoms with E-state index in [1.807, 2.05) is 42.6 Å². The lowest BCUT2D eigenvalue weighted by Gasteiger charge is -2.36. The van der Waals surface area contributed by atoms with E-state index in [1.165, 1.54) is 5.69 Å². The zero-order valence-corrected chi connectivity index (χ0v) is 21.2. The van der Waals surface area contributed by atoms with Crippen LogP contribution >= 0.6 is 0 Å². The number of hydrogen-bond donors (Lipinski definition) is 1. The highest BCUT2D eigenvalue weighted by Crippen LogP contribution is 2.30. The molecule has 4 aromatic rings. The van der Waals surface area contributed by atoms with Crippen LogP contribution in [0.1, 0.15) is 5.56 Å². The van der Waals surface area contributed by atoms with Crippen molar-refractivity contribution < 1.29 is 4.79 Å². The fourth-order valence-corrected chi connectivity index (χ4v) is 4.58. The van der Waals surface area contributed by atoms with E-state index in [2.05, 4.69) is 62.6 Å². The summed E-state index contributed by atoms with van der Waals surface area (Å²) in [5.74, 6) is 0.150. The summed E-state index contributed by atoms with van der Waals surface area (Å²) in [6.07, 6.45) is 1.82. The molecule has 1 saturated heterocycles. The minimum absolute atomic E-state index is 0.150. The Bertz CT molecular complexity index is 1430. The van der Waals surface area contributed by atoms with Gasteiger partial charge in [0.05, 0.1) is 23.7 Å². The van der Waals surface area contributed by atoms with Gasteiger partial charge in [-0.25, -0.2) is 0 Å². The average Bonchev–Trinajstić information content (AvgIpc) is 2.94. The summed E-state index contributed by atoms with van der Waals surface area (Å²) >= 11 is 0. The second kappa shape index (κ2) is 10.7. The number of anilines is 3. The van der Waals surface area contributed by atoms with Crippen molar-refractivity contribution in [1.29, 1.82) is 5.26 Å². The largest absolute Gasteiger partial charge is 0.369 e. The van der Waals surface area contributed by atoms with Gasteiger partial charge in [-0.05, 0) is 65.7 Å². The number of amides is 1. The second-order valence-electron chi connectivity index (χ2n) is 9.50. The molecule has 7 heteroatoms. The van der Waals surface area contributed by atoms with E-state index in [0.29, 0.717) is 12.1 Å². The number of hydrogen-bond acceptors (Lipinski definition) is 6. The van der Waals surface area contributed by atoms with Gasteiger partial charge < -0.3 is 15.1 Å². The van der Waals surface area contributed by atoms with E-state index in [-0.39, 0.29) is 5.91 Å². The van der Waals surface area contributed by atoms with Crippen molar-refractivity contribution in [3.05, 3.63) is 84.6 Å². The molecule has 186 valence electrons. The van der Waals surface area contributed by atoms with Crippen LogP contribution < -0.4 is 10.2 Å². The predicted octanol–water partition coefficient (Wildman–Crippen LogP) is 4.73. The molecule has 0 bridgehead atoms. The maximum atomic E-state index is 12.0. The van der Waals surface area contributed by atoms with Gasteiger partial charge in [0.1, 0.15) is 0 Å². The number of nitrogens with one attached hydrogen (secondary N) is 1. The van der Waals surface area contributed by atoms with Crippen LogP contribution in [0.5, 0.6) is 0 Å². The van der Waals surface area contributed by atoms with Crippen LogP contribution in [0.2, 0.25) is 0 Å². The number of carbonyl (C=O) groups is 1. The van der Waals surface area contributed by atoms with Crippen LogP contribution in [0.3, 0.4) is 0 Å². The maximum absolute atomic E-state index is 12.0. The number of nitrogens with zero attached hydrogens (tertiary/aromatic N) is 5. The summed E-state index contributed by atoms with van der Waals surface area (Å²) in [5, 5.41) is 13.7. The molecular weight excluding hydrogens is 460 g/mol. The lowest BCUT2D eigenvalue weighted by molar-refractivity contribution is -0.129. The minimum atomic E-state index is 0.150. The molecule has 0 radical (unpaired) electrons. The molecule has 5 rings (SSSR count). The fraction of sp³-hybridized carbons (Fsp3) is 0.233. The first-order valence-electron chi connectivity index (χ1n) is 12.4. The Hall–Kier alpha value is -4.41.